The molecular formula is C35H38O9. The second-order valence-corrected chi connectivity index (χ2v) is 10.7. The minimum atomic E-state index is -0.571. The van der Waals surface area contributed by atoms with Crippen molar-refractivity contribution in [2.45, 2.75) is 57.7 Å². The fourth-order valence-electron chi connectivity index (χ4n) is 5.17. The molecule has 0 unspecified atom stereocenters. The smallest absolute Gasteiger partial charge is 0.310 e. The number of fused-ring (bicyclic) bond motifs is 1. The number of hydrogen-bond acceptors (Lipinski definition) is 9. The summed E-state index contributed by atoms with van der Waals surface area (Å²) in [6.45, 7) is 1.35. The number of benzene rings is 4. The third-order valence-corrected chi connectivity index (χ3v) is 7.39. The molecule has 0 aliphatic carbocycles. The zero-order valence-corrected chi connectivity index (χ0v) is 25.1. The number of ether oxygens (including phenoxy) is 4. The lowest BCUT2D eigenvalue weighted by atomic mass is 9.98. The van der Waals surface area contributed by atoms with Crippen LogP contribution >= 0.6 is 0 Å². The Morgan fingerprint density at radius 2 is 1.18 bits per heavy atom. The maximum absolute atomic E-state index is 13.2. The van der Waals surface area contributed by atoms with E-state index in [9.17, 15) is 24.9 Å². The monoisotopic (exact) mass is 602 g/mol. The molecule has 0 radical (unpaired) electrons. The predicted molar refractivity (Wildman–Crippen MR) is 165 cm³/mol. The Balaban J connectivity index is 1.49. The van der Waals surface area contributed by atoms with Gasteiger partial charge in [-0.05, 0) is 89.5 Å². The molecular weight excluding hydrogens is 564 g/mol. The van der Waals surface area contributed by atoms with Crippen LogP contribution in [0.5, 0.6) is 28.7 Å². The normalized spacial score (nSPS) is 12.3. The molecule has 2 atom stereocenters. The van der Waals surface area contributed by atoms with Crippen molar-refractivity contribution >= 4 is 22.7 Å². The topological polar surface area (TPSA) is 132 Å². The van der Waals surface area contributed by atoms with Crippen molar-refractivity contribution in [1.29, 1.82) is 0 Å². The van der Waals surface area contributed by atoms with Gasteiger partial charge in [-0.2, -0.15) is 0 Å². The van der Waals surface area contributed by atoms with Crippen LogP contribution in [0.15, 0.2) is 72.8 Å². The summed E-state index contributed by atoms with van der Waals surface area (Å²) in [5, 5.41) is 31.4. The molecule has 0 fully saturated rings. The Labute approximate surface area is 256 Å². The summed E-state index contributed by atoms with van der Waals surface area (Å²) in [4.78, 5) is 25.2. The van der Waals surface area contributed by atoms with E-state index in [1.165, 1.54) is 21.1 Å². The second kappa shape index (κ2) is 15.0. The van der Waals surface area contributed by atoms with Gasteiger partial charge in [0.05, 0.1) is 20.6 Å². The van der Waals surface area contributed by atoms with Gasteiger partial charge >= 0.3 is 11.9 Å². The van der Waals surface area contributed by atoms with Crippen LogP contribution in [0.25, 0.3) is 10.8 Å². The molecule has 0 aliphatic rings. The van der Waals surface area contributed by atoms with E-state index in [1.807, 2.05) is 18.2 Å². The quantitative estimate of drug-likeness (QED) is 0.148. The number of hydrogen-bond donors (Lipinski definition) is 3. The van der Waals surface area contributed by atoms with E-state index in [0.29, 0.717) is 37.2 Å². The number of phenols is 3. The van der Waals surface area contributed by atoms with Crippen LogP contribution in [0, 0.1) is 0 Å². The van der Waals surface area contributed by atoms with Gasteiger partial charge in [-0.25, -0.2) is 0 Å². The Hall–Kier alpha value is -4.92. The number of carbonyl (C=O) groups is 2. The highest BCUT2D eigenvalue weighted by atomic mass is 16.6. The first kappa shape index (κ1) is 32.0. The molecule has 232 valence electrons. The Bertz CT molecular complexity index is 1600. The van der Waals surface area contributed by atoms with Crippen molar-refractivity contribution in [3.63, 3.8) is 0 Å². The standard InChI is InChI=1S/C35H38O9/c1-22(36)43-29(12-5-23-7-14-31(38)33(17-23)41-2)21-30(13-6-24-8-15-32(39)34(18-24)42-3)44-35(40)19-25-4-9-27-20-28(37)11-10-26(27)16-25/h4,7-11,14-18,20,29-30,37-39H,5-6,12-13,19,21H2,1-3H3/t29-,30-/m0/s1. The van der Waals surface area contributed by atoms with Gasteiger partial charge in [0, 0.05) is 13.3 Å². The molecule has 0 bridgehead atoms. The SMILES string of the molecule is COc1cc(CC[C@@H](C[C@H](CCc2ccc(O)c(OC)c2)OC(=O)Cc2ccc3cc(O)ccc3c2)OC(C)=O)ccc1O. The van der Waals surface area contributed by atoms with E-state index < -0.39 is 24.1 Å². The van der Waals surface area contributed by atoms with Crippen LogP contribution in [0.1, 0.15) is 42.9 Å². The van der Waals surface area contributed by atoms with Gasteiger partial charge in [0.15, 0.2) is 23.0 Å². The Morgan fingerprint density at radius 3 is 1.75 bits per heavy atom. The molecule has 0 spiro atoms. The lowest BCUT2D eigenvalue weighted by molar-refractivity contribution is -0.154. The summed E-state index contributed by atoms with van der Waals surface area (Å²) in [6.07, 6.45) is 1.20. The highest BCUT2D eigenvalue weighted by Gasteiger charge is 2.23. The van der Waals surface area contributed by atoms with Crippen LogP contribution < -0.4 is 9.47 Å². The third-order valence-electron chi connectivity index (χ3n) is 7.39. The van der Waals surface area contributed by atoms with Gasteiger partial charge in [-0.1, -0.05) is 36.4 Å². The zero-order valence-electron chi connectivity index (χ0n) is 25.1. The average molecular weight is 603 g/mol. The van der Waals surface area contributed by atoms with E-state index in [4.69, 9.17) is 18.9 Å². The Morgan fingerprint density at radius 1 is 0.659 bits per heavy atom. The van der Waals surface area contributed by atoms with E-state index in [1.54, 1.807) is 54.6 Å². The highest BCUT2D eigenvalue weighted by Crippen LogP contribution is 2.29. The fourth-order valence-corrected chi connectivity index (χ4v) is 5.17. The van der Waals surface area contributed by atoms with Crippen LogP contribution in [-0.4, -0.2) is 53.7 Å². The fraction of sp³-hybridized carbons (Fsp3) is 0.314. The van der Waals surface area contributed by atoms with Gasteiger partial charge < -0.3 is 34.3 Å². The number of aryl methyl sites for hydroxylation is 2. The molecule has 9 nitrogen and oxygen atoms in total. The zero-order chi connectivity index (χ0) is 31.6. The molecule has 0 saturated heterocycles. The molecule has 3 N–H and O–H groups in total. The van der Waals surface area contributed by atoms with E-state index in [2.05, 4.69) is 0 Å². The van der Waals surface area contributed by atoms with Crippen LogP contribution in [0.4, 0.5) is 0 Å². The number of phenolic OH excluding ortho intramolecular Hbond substituents is 3. The van der Waals surface area contributed by atoms with Gasteiger partial charge in [-0.3, -0.25) is 9.59 Å². The summed E-state index contributed by atoms with van der Waals surface area (Å²) < 4.78 is 22.1. The first-order chi connectivity index (χ1) is 21.1. The molecule has 0 amide bonds. The minimum Gasteiger partial charge on any atom is -0.508 e. The molecule has 44 heavy (non-hydrogen) atoms. The first-order valence-corrected chi connectivity index (χ1v) is 14.4. The number of rotatable bonds is 14. The molecule has 0 saturated carbocycles. The molecule has 0 heterocycles. The van der Waals surface area contributed by atoms with Crippen molar-refractivity contribution in [1.82, 2.24) is 0 Å². The van der Waals surface area contributed by atoms with Crippen molar-refractivity contribution in [3.8, 4) is 28.7 Å². The number of esters is 2. The van der Waals surface area contributed by atoms with Crippen LogP contribution in [0.3, 0.4) is 0 Å². The minimum absolute atomic E-state index is 0.0330. The van der Waals surface area contributed by atoms with Crippen molar-refractivity contribution < 1.29 is 43.9 Å². The summed E-state index contributed by atoms with van der Waals surface area (Å²) in [7, 11) is 2.96. The molecule has 4 aromatic carbocycles. The predicted octanol–water partition coefficient (Wildman–Crippen LogP) is 6.02. The van der Waals surface area contributed by atoms with E-state index in [-0.39, 0.29) is 30.1 Å². The molecule has 0 aromatic heterocycles. The molecule has 0 aliphatic heterocycles. The van der Waals surface area contributed by atoms with Crippen molar-refractivity contribution in [3.05, 3.63) is 89.5 Å². The lowest BCUT2D eigenvalue weighted by Crippen LogP contribution is -2.28. The average Bonchev–Trinajstić information content (AvgIpc) is 2.99. The van der Waals surface area contributed by atoms with Gasteiger partial charge in [0.1, 0.15) is 18.0 Å². The van der Waals surface area contributed by atoms with Crippen LogP contribution in [-0.2, 0) is 38.3 Å². The third kappa shape index (κ3) is 9.04. The van der Waals surface area contributed by atoms with E-state index in [0.717, 1.165) is 27.5 Å². The van der Waals surface area contributed by atoms with Gasteiger partial charge in [0.2, 0.25) is 0 Å². The summed E-state index contributed by atoms with van der Waals surface area (Å²) >= 11 is 0. The van der Waals surface area contributed by atoms with E-state index >= 15 is 0 Å². The largest absolute Gasteiger partial charge is 0.508 e. The number of aromatic hydroxyl groups is 3. The highest BCUT2D eigenvalue weighted by molar-refractivity contribution is 5.85. The maximum atomic E-state index is 13.2. The summed E-state index contributed by atoms with van der Waals surface area (Å²) in [6, 6.07) is 20.8. The molecule has 4 aromatic rings. The van der Waals surface area contributed by atoms with Gasteiger partial charge in [0.25, 0.3) is 0 Å². The Kier molecular flexibility index (Phi) is 10.9. The summed E-state index contributed by atoms with van der Waals surface area (Å²) in [5.41, 5.74) is 2.55. The second-order valence-electron chi connectivity index (χ2n) is 10.7. The number of carbonyl (C=O) groups excluding carboxylic acids is 2. The van der Waals surface area contributed by atoms with Crippen LogP contribution in [0.2, 0.25) is 0 Å². The molecule has 4 rings (SSSR count). The molecule has 9 heteroatoms. The lowest BCUT2D eigenvalue weighted by Gasteiger charge is -2.24. The number of methoxy groups -OCH3 is 2. The van der Waals surface area contributed by atoms with Gasteiger partial charge in [-0.15, -0.1) is 0 Å². The summed E-state index contributed by atoms with van der Waals surface area (Å²) in [5.74, 6) is 0.0949. The first-order valence-electron chi connectivity index (χ1n) is 14.4. The van der Waals surface area contributed by atoms with Crippen molar-refractivity contribution in [2.75, 3.05) is 14.2 Å². The maximum Gasteiger partial charge on any atom is 0.310 e. The van der Waals surface area contributed by atoms with Crippen molar-refractivity contribution in [2.24, 2.45) is 0 Å².